The summed E-state index contributed by atoms with van der Waals surface area (Å²) in [5, 5.41) is 2.66. The van der Waals surface area contributed by atoms with Gasteiger partial charge in [0, 0.05) is 13.1 Å². The summed E-state index contributed by atoms with van der Waals surface area (Å²) in [6, 6.07) is 12.0. The highest BCUT2D eigenvalue weighted by atomic mass is 32.2. The second kappa shape index (κ2) is 10.6. The van der Waals surface area contributed by atoms with Gasteiger partial charge in [0.05, 0.1) is 11.5 Å². The highest BCUT2D eigenvalue weighted by Gasteiger charge is 2.20. The average Bonchev–Trinajstić information content (AvgIpc) is 2.70. The smallest absolute Gasteiger partial charge is 0.257 e. The van der Waals surface area contributed by atoms with Gasteiger partial charge in [-0.2, -0.15) is 0 Å². The number of carbonyl (C=O) groups excluding carboxylic acids is 1. The monoisotopic (exact) mass is 448 g/mol. The van der Waals surface area contributed by atoms with Gasteiger partial charge in [0.1, 0.15) is 11.5 Å². The van der Waals surface area contributed by atoms with Crippen molar-refractivity contribution in [2.75, 3.05) is 26.3 Å². The Labute approximate surface area is 185 Å². The summed E-state index contributed by atoms with van der Waals surface area (Å²) in [6.07, 6.45) is 0. The van der Waals surface area contributed by atoms with Gasteiger partial charge in [-0.15, -0.1) is 0 Å². The van der Waals surface area contributed by atoms with Crippen LogP contribution in [-0.2, 0) is 20.2 Å². The fourth-order valence-electron chi connectivity index (χ4n) is 2.90. The molecule has 0 aromatic heterocycles. The SMILES string of the molecule is CCOc1ccc(S(=O)(=O)NCCNC(=O)COc2ccc(C)cc2C(C)(C)C)cc1. The van der Waals surface area contributed by atoms with E-state index in [1.54, 1.807) is 12.1 Å². The molecule has 0 aliphatic heterocycles. The van der Waals surface area contributed by atoms with Crippen molar-refractivity contribution in [3.8, 4) is 11.5 Å². The largest absolute Gasteiger partial charge is 0.494 e. The molecule has 2 aromatic rings. The molecule has 1 amide bonds. The van der Waals surface area contributed by atoms with Gasteiger partial charge in [-0.3, -0.25) is 4.79 Å². The number of amides is 1. The van der Waals surface area contributed by atoms with Crippen molar-refractivity contribution in [2.45, 2.75) is 44.9 Å². The van der Waals surface area contributed by atoms with Gasteiger partial charge in [-0.1, -0.05) is 38.5 Å². The minimum absolute atomic E-state index is 0.0685. The second-order valence-electron chi connectivity index (χ2n) is 8.19. The summed E-state index contributed by atoms with van der Waals surface area (Å²) in [4.78, 5) is 12.2. The molecule has 0 fully saturated rings. The Morgan fingerprint density at radius 3 is 2.29 bits per heavy atom. The van der Waals surface area contributed by atoms with Crippen LogP contribution in [0.5, 0.6) is 11.5 Å². The number of nitrogens with one attached hydrogen (secondary N) is 2. The number of hydrogen-bond donors (Lipinski definition) is 2. The molecule has 8 heteroatoms. The third kappa shape index (κ3) is 7.56. The summed E-state index contributed by atoms with van der Waals surface area (Å²) in [5.41, 5.74) is 2.04. The molecule has 170 valence electrons. The zero-order valence-electron chi connectivity index (χ0n) is 18.8. The zero-order chi connectivity index (χ0) is 23.1. The van der Waals surface area contributed by atoms with Crippen LogP contribution in [0.25, 0.3) is 0 Å². The van der Waals surface area contributed by atoms with Crippen LogP contribution in [0.2, 0.25) is 0 Å². The molecule has 0 atom stereocenters. The third-order valence-corrected chi connectivity index (χ3v) is 5.96. The first kappa shape index (κ1) is 24.7. The standard InChI is InChI=1S/C23H32N2O5S/c1-6-29-18-8-10-19(11-9-18)31(27,28)25-14-13-24-22(26)16-30-21-12-7-17(2)15-20(21)23(3,4)5/h7-12,15,25H,6,13-14,16H2,1-5H3,(H,24,26). The van der Waals surface area contributed by atoms with E-state index in [1.165, 1.54) is 12.1 Å². The van der Waals surface area contributed by atoms with Crippen LogP contribution in [0.15, 0.2) is 47.4 Å². The molecule has 2 N–H and O–H groups in total. The maximum absolute atomic E-state index is 12.3. The molecule has 0 aliphatic rings. The first-order valence-corrected chi connectivity index (χ1v) is 11.7. The lowest BCUT2D eigenvalue weighted by Crippen LogP contribution is -2.36. The molecule has 0 radical (unpaired) electrons. The maximum atomic E-state index is 12.3. The van der Waals surface area contributed by atoms with Crippen LogP contribution in [-0.4, -0.2) is 40.6 Å². The molecule has 31 heavy (non-hydrogen) atoms. The molecule has 2 rings (SSSR count). The van der Waals surface area contributed by atoms with E-state index in [2.05, 4.69) is 36.9 Å². The summed E-state index contributed by atoms with van der Waals surface area (Å²) in [7, 11) is -3.66. The molecule has 0 spiro atoms. The van der Waals surface area contributed by atoms with Gasteiger partial charge in [0.2, 0.25) is 10.0 Å². The average molecular weight is 449 g/mol. The molecule has 0 saturated carbocycles. The van der Waals surface area contributed by atoms with Crippen LogP contribution in [0, 0.1) is 6.92 Å². The van der Waals surface area contributed by atoms with Crippen molar-refractivity contribution in [3.05, 3.63) is 53.6 Å². The first-order chi connectivity index (χ1) is 14.5. The highest BCUT2D eigenvalue weighted by molar-refractivity contribution is 7.89. The van der Waals surface area contributed by atoms with Crippen molar-refractivity contribution in [3.63, 3.8) is 0 Å². The third-order valence-electron chi connectivity index (χ3n) is 4.49. The lowest BCUT2D eigenvalue weighted by atomic mass is 9.85. The summed E-state index contributed by atoms with van der Waals surface area (Å²) < 4.78 is 38.1. The number of carbonyl (C=O) groups is 1. The number of ether oxygens (including phenoxy) is 2. The van der Waals surface area contributed by atoms with Gasteiger partial charge in [-0.25, -0.2) is 13.1 Å². The lowest BCUT2D eigenvalue weighted by molar-refractivity contribution is -0.123. The predicted molar refractivity (Wildman–Crippen MR) is 121 cm³/mol. The van der Waals surface area contributed by atoms with E-state index in [0.717, 1.165) is 11.1 Å². The fraction of sp³-hybridized carbons (Fsp3) is 0.435. The number of sulfonamides is 1. The van der Waals surface area contributed by atoms with Crippen molar-refractivity contribution < 1.29 is 22.7 Å². The Hall–Kier alpha value is -2.58. The highest BCUT2D eigenvalue weighted by Crippen LogP contribution is 2.32. The van der Waals surface area contributed by atoms with E-state index in [-0.39, 0.29) is 35.9 Å². The quantitative estimate of drug-likeness (QED) is 0.545. The van der Waals surface area contributed by atoms with E-state index in [9.17, 15) is 13.2 Å². The Morgan fingerprint density at radius 2 is 1.68 bits per heavy atom. The van der Waals surface area contributed by atoms with Crippen LogP contribution in [0.4, 0.5) is 0 Å². The summed E-state index contributed by atoms with van der Waals surface area (Å²) >= 11 is 0. The van der Waals surface area contributed by atoms with E-state index < -0.39 is 10.0 Å². The molecular formula is C23H32N2O5S. The van der Waals surface area contributed by atoms with Crippen LogP contribution in [0.3, 0.4) is 0 Å². The predicted octanol–water partition coefficient (Wildman–Crippen LogP) is 3.16. The van der Waals surface area contributed by atoms with Gasteiger partial charge < -0.3 is 14.8 Å². The molecule has 2 aromatic carbocycles. The first-order valence-electron chi connectivity index (χ1n) is 10.3. The molecule has 0 aliphatic carbocycles. The van der Waals surface area contributed by atoms with E-state index in [0.29, 0.717) is 18.1 Å². The van der Waals surface area contributed by atoms with E-state index in [1.807, 2.05) is 26.0 Å². The van der Waals surface area contributed by atoms with Crippen LogP contribution in [0.1, 0.15) is 38.8 Å². The molecule has 0 unspecified atom stereocenters. The summed E-state index contributed by atoms with van der Waals surface area (Å²) in [6.45, 7) is 10.7. The molecular weight excluding hydrogens is 416 g/mol. The van der Waals surface area contributed by atoms with Gasteiger partial charge >= 0.3 is 0 Å². The maximum Gasteiger partial charge on any atom is 0.257 e. The van der Waals surface area contributed by atoms with Crippen molar-refractivity contribution in [1.29, 1.82) is 0 Å². The van der Waals surface area contributed by atoms with Crippen LogP contribution < -0.4 is 19.5 Å². The number of benzene rings is 2. The zero-order valence-corrected chi connectivity index (χ0v) is 19.6. The van der Waals surface area contributed by atoms with E-state index in [4.69, 9.17) is 9.47 Å². The molecule has 0 bridgehead atoms. The van der Waals surface area contributed by atoms with Gasteiger partial charge in [-0.05, 0) is 55.2 Å². The molecule has 7 nitrogen and oxygen atoms in total. The number of rotatable bonds is 10. The minimum Gasteiger partial charge on any atom is -0.494 e. The Kier molecular flexibility index (Phi) is 8.47. The minimum atomic E-state index is -3.66. The Morgan fingerprint density at radius 1 is 1.00 bits per heavy atom. The normalized spacial score (nSPS) is 11.8. The van der Waals surface area contributed by atoms with Crippen molar-refractivity contribution in [1.82, 2.24) is 10.0 Å². The van der Waals surface area contributed by atoms with Gasteiger partial charge in [0.15, 0.2) is 6.61 Å². The van der Waals surface area contributed by atoms with Crippen molar-refractivity contribution >= 4 is 15.9 Å². The van der Waals surface area contributed by atoms with E-state index >= 15 is 0 Å². The Bertz CT molecular complexity index is 980. The van der Waals surface area contributed by atoms with Gasteiger partial charge in [0.25, 0.3) is 5.91 Å². The number of hydrogen-bond acceptors (Lipinski definition) is 5. The fourth-order valence-corrected chi connectivity index (χ4v) is 3.93. The molecule has 0 saturated heterocycles. The van der Waals surface area contributed by atoms with Crippen molar-refractivity contribution in [2.24, 2.45) is 0 Å². The lowest BCUT2D eigenvalue weighted by Gasteiger charge is -2.23. The Balaban J connectivity index is 1.81. The topological polar surface area (TPSA) is 93.7 Å². The van der Waals surface area contributed by atoms with Crippen LogP contribution >= 0.6 is 0 Å². The molecule has 0 heterocycles. The number of aryl methyl sites for hydroxylation is 1. The summed E-state index contributed by atoms with van der Waals surface area (Å²) in [5.74, 6) is 0.960. The second-order valence-corrected chi connectivity index (χ2v) is 9.96.